The Morgan fingerprint density at radius 3 is 1.97 bits per heavy atom. The topological polar surface area (TPSA) is 87.3 Å². The first-order valence-electron chi connectivity index (χ1n) is 11.1. The molecule has 0 fully saturated rings. The number of benzene rings is 3. The second kappa shape index (κ2) is 11.3. The predicted octanol–water partition coefficient (Wildman–Crippen LogP) is 5.17. The van der Waals surface area contributed by atoms with Gasteiger partial charge in [-0.2, -0.15) is 0 Å². The molecule has 35 heavy (non-hydrogen) atoms. The van der Waals surface area contributed by atoms with Gasteiger partial charge in [0.2, 0.25) is 0 Å². The summed E-state index contributed by atoms with van der Waals surface area (Å²) in [5.41, 5.74) is 4.31. The molecule has 6 nitrogen and oxygen atoms in total. The lowest BCUT2D eigenvalue weighted by molar-refractivity contribution is 0.0944. The monoisotopic (exact) mass is 483 g/mol. The Morgan fingerprint density at radius 2 is 1.31 bits per heavy atom. The summed E-state index contributed by atoms with van der Waals surface area (Å²) < 4.78 is 0. The lowest BCUT2D eigenvalue weighted by atomic mass is 10.1. The fourth-order valence-electron chi connectivity index (χ4n) is 3.42. The molecule has 0 unspecified atom stereocenters. The number of hydrogen-bond acceptors (Lipinski definition) is 4. The number of carbonyl (C=O) groups excluding carboxylic acids is 3. The highest BCUT2D eigenvalue weighted by molar-refractivity contribution is 7.12. The van der Waals surface area contributed by atoms with Gasteiger partial charge in [-0.05, 0) is 53.8 Å². The van der Waals surface area contributed by atoms with Crippen molar-refractivity contribution in [3.8, 4) is 0 Å². The van der Waals surface area contributed by atoms with Gasteiger partial charge in [0.05, 0.1) is 16.1 Å². The molecule has 0 aliphatic carbocycles. The number of amides is 3. The van der Waals surface area contributed by atoms with Gasteiger partial charge in [0.25, 0.3) is 17.7 Å². The molecular weight excluding hydrogens is 458 g/mol. The van der Waals surface area contributed by atoms with Crippen molar-refractivity contribution >= 4 is 34.7 Å². The smallest absolute Gasteiger partial charge is 0.261 e. The summed E-state index contributed by atoms with van der Waals surface area (Å²) in [5.74, 6) is -0.713. The SMILES string of the molecule is Cc1ccc(CNC(=O)c2ccccc2NC(=O)c2ccc(CNC(=O)c3cccs3)cc2)cc1. The highest BCUT2D eigenvalue weighted by atomic mass is 32.1. The summed E-state index contributed by atoms with van der Waals surface area (Å²) in [6, 6.07) is 25.4. The summed E-state index contributed by atoms with van der Waals surface area (Å²) in [7, 11) is 0. The molecule has 7 heteroatoms. The van der Waals surface area contributed by atoms with Crippen LogP contribution < -0.4 is 16.0 Å². The number of nitrogens with one attached hydrogen (secondary N) is 3. The van der Waals surface area contributed by atoms with Crippen molar-refractivity contribution in [1.29, 1.82) is 0 Å². The number of aryl methyl sites for hydroxylation is 1. The molecule has 0 atom stereocenters. The largest absolute Gasteiger partial charge is 0.348 e. The molecule has 3 amide bonds. The minimum absolute atomic E-state index is 0.126. The van der Waals surface area contributed by atoms with Crippen LogP contribution in [-0.2, 0) is 13.1 Å². The van der Waals surface area contributed by atoms with Gasteiger partial charge in [0.1, 0.15) is 0 Å². The summed E-state index contributed by atoms with van der Waals surface area (Å²) in [4.78, 5) is 38.3. The number of para-hydroxylation sites is 1. The first-order valence-corrected chi connectivity index (χ1v) is 12.0. The maximum atomic E-state index is 12.8. The average Bonchev–Trinajstić information content (AvgIpc) is 3.43. The molecule has 4 rings (SSSR count). The van der Waals surface area contributed by atoms with Crippen LogP contribution in [0.4, 0.5) is 5.69 Å². The van der Waals surface area contributed by atoms with Crippen molar-refractivity contribution in [1.82, 2.24) is 10.6 Å². The van der Waals surface area contributed by atoms with Crippen LogP contribution in [0, 0.1) is 6.92 Å². The molecule has 0 saturated carbocycles. The van der Waals surface area contributed by atoms with Gasteiger partial charge >= 0.3 is 0 Å². The fourth-order valence-corrected chi connectivity index (χ4v) is 4.06. The predicted molar refractivity (Wildman–Crippen MR) is 139 cm³/mol. The van der Waals surface area contributed by atoms with Gasteiger partial charge < -0.3 is 16.0 Å². The minimum Gasteiger partial charge on any atom is -0.348 e. The molecule has 3 aromatic carbocycles. The summed E-state index contributed by atoms with van der Waals surface area (Å²) in [6.45, 7) is 2.77. The second-order valence-electron chi connectivity index (χ2n) is 8.02. The third-order valence-corrected chi connectivity index (χ3v) is 6.28. The van der Waals surface area contributed by atoms with E-state index in [1.165, 1.54) is 11.3 Å². The van der Waals surface area contributed by atoms with Crippen LogP contribution in [0.25, 0.3) is 0 Å². The van der Waals surface area contributed by atoms with Gasteiger partial charge in [-0.3, -0.25) is 14.4 Å². The first kappa shape index (κ1) is 23.9. The van der Waals surface area contributed by atoms with Gasteiger partial charge in [0, 0.05) is 18.7 Å². The third kappa shape index (κ3) is 6.43. The Bertz CT molecular complexity index is 1310. The van der Waals surface area contributed by atoms with Crippen molar-refractivity contribution in [2.75, 3.05) is 5.32 Å². The minimum atomic E-state index is -0.321. The van der Waals surface area contributed by atoms with E-state index in [9.17, 15) is 14.4 Å². The molecule has 4 aromatic rings. The quantitative estimate of drug-likeness (QED) is 0.323. The molecule has 0 aliphatic heterocycles. The molecule has 1 heterocycles. The van der Waals surface area contributed by atoms with Crippen molar-refractivity contribution in [2.24, 2.45) is 0 Å². The lowest BCUT2D eigenvalue weighted by Gasteiger charge is -2.12. The zero-order valence-corrected chi connectivity index (χ0v) is 20.0. The van der Waals surface area contributed by atoms with Gasteiger partial charge in [-0.1, -0.05) is 60.2 Å². The first-order chi connectivity index (χ1) is 17.0. The average molecular weight is 484 g/mol. The molecule has 1 aromatic heterocycles. The maximum absolute atomic E-state index is 12.8. The Morgan fingerprint density at radius 1 is 0.686 bits per heavy atom. The number of hydrogen-bond donors (Lipinski definition) is 3. The van der Waals surface area contributed by atoms with E-state index in [1.807, 2.05) is 42.6 Å². The molecule has 0 radical (unpaired) electrons. The Balaban J connectivity index is 1.35. The molecule has 0 spiro atoms. The van der Waals surface area contributed by atoms with E-state index < -0.39 is 0 Å². The highest BCUT2D eigenvalue weighted by Gasteiger charge is 2.14. The van der Waals surface area contributed by atoms with E-state index in [2.05, 4.69) is 16.0 Å². The van der Waals surface area contributed by atoms with E-state index in [4.69, 9.17) is 0 Å². The third-order valence-electron chi connectivity index (χ3n) is 5.41. The summed E-state index contributed by atoms with van der Waals surface area (Å²) in [5, 5.41) is 10.5. The molecule has 0 aliphatic rings. The van der Waals surface area contributed by atoms with Crippen molar-refractivity contribution in [3.63, 3.8) is 0 Å². The Kier molecular flexibility index (Phi) is 7.70. The molecule has 3 N–H and O–H groups in total. The summed E-state index contributed by atoms with van der Waals surface area (Å²) in [6.07, 6.45) is 0. The number of anilines is 1. The zero-order chi connectivity index (χ0) is 24.6. The summed E-state index contributed by atoms with van der Waals surface area (Å²) >= 11 is 1.39. The molecule has 0 bridgehead atoms. The van der Waals surface area contributed by atoms with Crippen LogP contribution in [0.1, 0.15) is 47.1 Å². The van der Waals surface area contributed by atoms with Crippen molar-refractivity contribution in [3.05, 3.63) is 123 Å². The van der Waals surface area contributed by atoms with E-state index in [0.29, 0.717) is 34.8 Å². The van der Waals surface area contributed by atoms with E-state index >= 15 is 0 Å². The van der Waals surface area contributed by atoms with Gasteiger partial charge in [0.15, 0.2) is 0 Å². The van der Waals surface area contributed by atoms with Gasteiger partial charge in [-0.25, -0.2) is 0 Å². The standard InChI is InChI=1S/C28H25N3O3S/c1-19-8-10-20(11-9-19)17-29-27(33)23-5-2-3-6-24(23)31-26(32)22-14-12-21(13-15-22)18-30-28(34)25-7-4-16-35-25/h2-16H,17-18H2,1H3,(H,29,33)(H,30,34)(H,31,32). The second-order valence-corrected chi connectivity index (χ2v) is 8.97. The van der Waals surface area contributed by atoms with Crippen LogP contribution >= 0.6 is 11.3 Å². The molecule has 0 saturated heterocycles. The fraction of sp³-hybridized carbons (Fsp3) is 0.107. The Hall–Kier alpha value is -4.23. The van der Waals surface area contributed by atoms with Crippen LogP contribution in [0.5, 0.6) is 0 Å². The van der Waals surface area contributed by atoms with Crippen LogP contribution in [0.3, 0.4) is 0 Å². The number of carbonyl (C=O) groups is 3. The maximum Gasteiger partial charge on any atom is 0.261 e. The van der Waals surface area contributed by atoms with E-state index in [-0.39, 0.29) is 17.7 Å². The lowest BCUT2D eigenvalue weighted by Crippen LogP contribution is -2.25. The highest BCUT2D eigenvalue weighted by Crippen LogP contribution is 2.17. The number of rotatable bonds is 8. The number of thiophene rings is 1. The van der Waals surface area contributed by atoms with Crippen LogP contribution in [0.2, 0.25) is 0 Å². The van der Waals surface area contributed by atoms with Crippen molar-refractivity contribution < 1.29 is 14.4 Å². The van der Waals surface area contributed by atoms with Crippen molar-refractivity contribution in [2.45, 2.75) is 20.0 Å². The molecular formula is C28H25N3O3S. The normalized spacial score (nSPS) is 10.4. The molecule has 176 valence electrons. The Labute approximate surface area is 208 Å². The van der Waals surface area contributed by atoms with Crippen LogP contribution in [-0.4, -0.2) is 17.7 Å². The van der Waals surface area contributed by atoms with E-state index in [0.717, 1.165) is 16.7 Å². The van der Waals surface area contributed by atoms with Crippen LogP contribution in [0.15, 0.2) is 90.3 Å². The zero-order valence-electron chi connectivity index (χ0n) is 19.2. The van der Waals surface area contributed by atoms with E-state index in [1.54, 1.807) is 54.6 Å². The van der Waals surface area contributed by atoms with Gasteiger partial charge in [-0.15, -0.1) is 11.3 Å².